The van der Waals surface area contributed by atoms with Gasteiger partial charge in [0.25, 0.3) is 11.7 Å². The molecule has 1 fully saturated rings. The van der Waals surface area contributed by atoms with Crippen molar-refractivity contribution in [2.45, 2.75) is 111 Å². The van der Waals surface area contributed by atoms with Gasteiger partial charge in [-0.25, -0.2) is 0 Å². The molecule has 0 spiro atoms. The minimum atomic E-state index is -2.13. The van der Waals surface area contributed by atoms with E-state index >= 15 is 4.79 Å². The van der Waals surface area contributed by atoms with Gasteiger partial charge in [-0.3, -0.25) is 33.4 Å². The molecule has 4 N–H and O–H groups in total. The molecule has 0 radical (unpaired) electrons. The number of nitro groups is 1. The van der Waals surface area contributed by atoms with Crippen LogP contribution >= 0.6 is 0 Å². The van der Waals surface area contributed by atoms with E-state index in [9.17, 15) is 44.6 Å². The Hall–Kier alpha value is -7.24. The van der Waals surface area contributed by atoms with Crippen molar-refractivity contribution in [1.29, 1.82) is 0 Å². The fourth-order valence-electron chi connectivity index (χ4n) is 10.6. The summed E-state index contributed by atoms with van der Waals surface area (Å²) in [5.41, 5.74) is 0.287. The normalized spacial score (nSPS) is 29.8. The molecular weight excluding hydrogens is 1000 g/mol. The first kappa shape index (κ1) is 56.0. The molecule has 1 saturated heterocycles. The van der Waals surface area contributed by atoms with Gasteiger partial charge in [0.05, 0.1) is 54.4 Å². The minimum absolute atomic E-state index is 0.0205. The second-order valence-electron chi connectivity index (χ2n) is 20.6. The van der Waals surface area contributed by atoms with Crippen LogP contribution < -0.4 is 14.8 Å². The molecule has 22 heteroatoms. The molecule has 0 unspecified atom stereocenters. The van der Waals surface area contributed by atoms with Gasteiger partial charge in [0, 0.05) is 93.5 Å². The van der Waals surface area contributed by atoms with Gasteiger partial charge in [-0.05, 0) is 36.0 Å². The number of benzene rings is 2. The number of carbonyl (C=O) groups is 5. The van der Waals surface area contributed by atoms with Crippen molar-refractivity contribution in [3.63, 3.8) is 0 Å². The number of esters is 1. The lowest BCUT2D eigenvalue weighted by Crippen LogP contribution is -2.49. The first-order valence-corrected chi connectivity index (χ1v) is 25.6. The summed E-state index contributed by atoms with van der Waals surface area (Å²) >= 11 is 0. The Bertz CT molecular complexity index is 2960. The van der Waals surface area contributed by atoms with E-state index in [1.807, 2.05) is 24.3 Å². The molecule has 77 heavy (non-hydrogen) atoms. The number of ether oxygens (including phenoxy) is 6. The third kappa shape index (κ3) is 11.3. The first-order valence-electron chi connectivity index (χ1n) is 25.6. The van der Waals surface area contributed by atoms with Crippen LogP contribution in [0.15, 0.2) is 78.0 Å². The predicted molar refractivity (Wildman–Crippen MR) is 274 cm³/mol. The lowest BCUT2D eigenvalue weighted by molar-refractivity contribution is -0.389. The number of carbonyl (C=O) groups excluding carboxylic acids is 5. The Morgan fingerprint density at radius 3 is 2.29 bits per heavy atom. The topological polar surface area (TPSA) is 281 Å². The highest BCUT2D eigenvalue weighted by Crippen LogP contribution is 2.49. The van der Waals surface area contributed by atoms with Crippen molar-refractivity contribution >= 4 is 35.0 Å². The Kier molecular flexibility index (Phi) is 16.6. The number of phenolic OH excluding ortho intramolecular Hbond substituents is 1. The Morgan fingerprint density at radius 2 is 1.62 bits per heavy atom. The Labute approximate surface area is 445 Å². The van der Waals surface area contributed by atoms with Gasteiger partial charge in [-0.1, -0.05) is 70.2 Å². The molecule has 5 aliphatic heterocycles. The van der Waals surface area contributed by atoms with Gasteiger partial charge < -0.3 is 64.1 Å². The molecule has 1 amide bonds. The summed E-state index contributed by atoms with van der Waals surface area (Å²) in [6.45, 7) is 15.0. The van der Waals surface area contributed by atoms with E-state index in [-0.39, 0.29) is 78.1 Å². The highest BCUT2D eigenvalue weighted by atomic mass is 16.7. The maximum Gasteiger partial charge on any atom is 0.414 e. The molecule has 5 bridgehead atoms. The molecule has 1 aliphatic carbocycles. The Balaban J connectivity index is 1.06. The summed E-state index contributed by atoms with van der Waals surface area (Å²) in [7, 11) is 1.42. The molecule has 3 aromatic rings. The summed E-state index contributed by atoms with van der Waals surface area (Å²) < 4.78 is 37.0. The number of aliphatic hydroxyl groups is 2. The van der Waals surface area contributed by atoms with Crippen molar-refractivity contribution in [2.75, 3.05) is 39.9 Å². The monoisotopic (exact) mass is 1070 g/mol. The minimum Gasteiger partial charge on any atom is -0.507 e. The standard InChI is InChI=1S/C55H66N6O16/c1-28-11-10-12-29(2)53(69)57-43-44(59-20-18-58(19-21-59)23-35-13-15-36(16-14-35)26-73-37-24-60-25-39(61(70)71)56-54(60)74-27-37)49(67)40-41(48(43)66)47(65)33(6)51-42(40)52(68)55(8,77-51)75-22-17-38(72-9)30(3)50(76-34(7)62)32(5)46(64)31(4)45(28)63/h10-17,22,25,28,30-32,37-38,45-46,50,63-65H,18-21,23-24,26-27H2,1-9H3,(H,57,69)/b11-10+,22-17+,29-12-/t28-,30+,31+,32+,37-,38-,45-,46+,50+,55-/m0/s1. The number of imidazole rings is 1. The maximum absolute atomic E-state index is 15.3. The van der Waals surface area contributed by atoms with E-state index < -0.39 is 105 Å². The zero-order valence-corrected chi connectivity index (χ0v) is 44.5. The number of amides is 1. The highest BCUT2D eigenvalue weighted by molar-refractivity contribution is 6.32. The smallest absolute Gasteiger partial charge is 0.414 e. The summed E-state index contributed by atoms with van der Waals surface area (Å²) in [6, 6.07) is 8.02. The van der Waals surface area contributed by atoms with E-state index in [1.54, 1.807) is 49.3 Å². The third-order valence-electron chi connectivity index (χ3n) is 15.2. The number of methoxy groups -OCH3 is 1. The van der Waals surface area contributed by atoms with Gasteiger partial charge in [-0.15, -0.1) is 0 Å². The van der Waals surface area contributed by atoms with Gasteiger partial charge >= 0.3 is 23.6 Å². The van der Waals surface area contributed by atoms with Crippen molar-refractivity contribution < 1.29 is 72.6 Å². The van der Waals surface area contributed by atoms with Crippen molar-refractivity contribution in [3.8, 4) is 17.5 Å². The van der Waals surface area contributed by atoms with Crippen LogP contribution in [0.25, 0.3) is 0 Å². The van der Waals surface area contributed by atoms with Crippen LogP contribution in [0.2, 0.25) is 0 Å². The van der Waals surface area contributed by atoms with Crippen molar-refractivity contribution in [2.24, 2.45) is 23.7 Å². The molecule has 6 aliphatic rings. The van der Waals surface area contributed by atoms with Crippen LogP contribution in [-0.4, -0.2) is 145 Å². The van der Waals surface area contributed by atoms with E-state index in [1.165, 1.54) is 59.4 Å². The Morgan fingerprint density at radius 1 is 0.935 bits per heavy atom. The van der Waals surface area contributed by atoms with E-state index in [0.29, 0.717) is 26.2 Å². The second kappa shape index (κ2) is 22.8. The van der Waals surface area contributed by atoms with Gasteiger partial charge in [0.2, 0.25) is 11.6 Å². The van der Waals surface area contributed by atoms with Crippen LogP contribution in [0, 0.1) is 40.7 Å². The number of allylic oxidation sites excluding steroid dienone is 4. The second-order valence-corrected chi connectivity index (χ2v) is 20.6. The van der Waals surface area contributed by atoms with E-state index in [2.05, 4.69) is 15.2 Å². The largest absolute Gasteiger partial charge is 0.507 e. The number of phenols is 1. The molecule has 1 aromatic heterocycles. The lowest BCUT2D eigenvalue weighted by atomic mass is 9.78. The van der Waals surface area contributed by atoms with Crippen LogP contribution in [0.4, 0.5) is 5.82 Å². The first-order chi connectivity index (χ1) is 36.5. The number of ketones is 3. The molecular formula is C55H66N6O16. The van der Waals surface area contributed by atoms with E-state index in [4.69, 9.17) is 28.4 Å². The summed E-state index contributed by atoms with van der Waals surface area (Å²) in [5, 5.41) is 48.7. The maximum atomic E-state index is 15.3. The van der Waals surface area contributed by atoms with Crippen LogP contribution in [0.3, 0.4) is 0 Å². The number of hydrogen-bond acceptors (Lipinski definition) is 19. The molecule has 6 heterocycles. The SMILES string of the molecule is CO[C@H]1/C=C/O[C@@]2(C)Oc3c(C)c(O)c4c(c3C2=O)C(=O)C(N2CCN(Cc3ccc(CO[C@@H]5COc6nc([N+](=O)[O-])cn6C5)cc3)CC2)=C(NC(=O)/C(C)=C\C=C\[C@H](C)[C@H](O)[C@@H](C)[C@@H](O)[C@@H](C)[C@H](OC(C)=O)[C@@H]1C)C4=O. The number of piperazine rings is 1. The third-order valence-corrected chi connectivity index (χ3v) is 15.2. The lowest BCUT2D eigenvalue weighted by Gasteiger charge is -2.39. The average molecular weight is 1070 g/mol. The number of aromatic hydroxyl groups is 1. The molecule has 412 valence electrons. The number of rotatable bonds is 9. The number of aliphatic hydroxyl groups excluding tert-OH is 2. The predicted octanol–water partition coefficient (Wildman–Crippen LogP) is 4.86. The number of nitrogens with one attached hydrogen (secondary N) is 1. The number of nitrogens with zero attached hydrogens (tertiary/aromatic N) is 5. The molecule has 10 atom stereocenters. The molecule has 0 saturated carbocycles. The van der Waals surface area contributed by atoms with Crippen LogP contribution in [0.1, 0.15) is 96.2 Å². The molecule has 2 aromatic carbocycles. The van der Waals surface area contributed by atoms with Gasteiger partial charge in [0.1, 0.15) is 47.9 Å². The fourth-order valence-corrected chi connectivity index (χ4v) is 10.6. The van der Waals surface area contributed by atoms with E-state index in [0.717, 1.165) is 11.1 Å². The van der Waals surface area contributed by atoms with Crippen molar-refractivity contribution in [1.82, 2.24) is 24.7 Å². The molecule has 9 rings (SSSR count). The van der Waals surface area contributed by atoms with Crippen LogP contribution in [0.5, 0.6) is 17.5 Å². The summed E-state index contributed by atoms with van der Waals surface area (Å²) in [4.78, 5) is 89.8. The fraction of sp³-hybridized carbons (Fsp3) is 0.491. The quantitative estimate of drug-likeness (QED) is 0.126. The molecule has 22 nitrogen and oxygen atoms in total. The van der Waals surface area contributed by atoms with Gasteiger partial charge in [0.15, 0.2) is 0 Å². The zero-order valence-electron chi connectivity index (χ0n) is 44.5. The number of hydrogen-bond donors (Lipinski definition) is 4. The van der Waals surface area contributed by atoms with Crippen molar-refractivity contribution in [3.05, 3.63) is 121 Å². The van der Waals surface area contributed by atoms with Crippen LogP contribution in [-0.2, 0) is 48.2 Å². The zero-order chi connectivity index (χ0) is 55.8. The number of aromatic nitrogens is 2. The highest BCUT2D eigenvalue weighted by Gasteiger charge is 2.53. The number of fused-ring (bicyclic) bond motifs is 15. The number of Topliss-reactive ketones (excluding diaryl/α,β-unsaturated/α-hetero) is 3. The summed E-state index contributed by atoms with van der Waals surface area (Å²) in [5.74, 6) is -9.72. The average Bonchev–Trinajstić information content (AvgIpc) is 4.23. The van der Waals surface area contributed by atoms with Gasteiger partial charge in [-0.2, -0.15) is 0 Å². The summed E-state index contributed by atoms with van der Waals surface area (Å²) in [6.07, 6.45) is 4.28.